The Morgan fingerprint density at radius 2 is 1.89 bits per heavy atom. The second-order valence-corrected chi connectivity index (χ2v) is 8.18. The molecule has 1 aliphatic carbocycles. The summed E-state index contributed by atoms with van der Waals surface area (Å²) in [5.41, 5.74) is 1.12. The molecule has 1 unspecified atom stereocenters. The predicted molar refractivity (Wildman–Crippen MR) is 78.8 cm³/mol. The van der Waals surface area contributed by atoms with Crippen LogP contribution in [-0.2, 0) is 9.84 Å². The van der Waals surface area contributed by atoms with Crippen molar-refractivity contribution in [3.63, 3.8) is 0 Å². The van der Waals surface area contributed by atoms with Crippen LogP contribution < -0.4 is 0 Å². The molecular weight excluding hydrogens is 256 g/mol. The van der Waals surface area contributed by atoms with Gasteiger partial charge < -0.3 is 0 Å². The Bertz CT molecular complexity index is 556. The molecule has 104 valence electrons. The second-order valence-electron chi connectivity index (χ2n) is 6.15. The highest BCUT2D eigenvalue weighted by molar-refractivity contribution is 7.91. The number of rotatable bonds is 3. The van der Waals surface area contributed by atoms with E-state index in [-0.39, 0.29) is 17.1 Å². The van der Waals surface area contributed by atoms with E-state index in [1.54, 1.807) is 24.3 Å². The number of hydrogen-bond acceptors (Lipinski definition) is 2. The molecule has 1 aromatic rings. The third-order valence-corrected chi connectivity index (χ3v) is 6.01. The van der Waals surface area contributed by atoms with Crippen LogP contribution in [0, 0.1) is 11.3 Å². The molecule has 1 atom stereocenters. The quantitative estimate of drug-likeness (QED) is 0.787. The monoisotopic (exact) mass is 278 g/mol. The summed E-state index contributed by atoms with van der Waals surface area (Å²) in [6.07, 6.45) is 3.15. The van der Waals surface area contributed by atoms with Crippen LogP contribution in [0.1, 0.15) is 33.1 Å². The van der Waals surface area contributed by atoms with Gasteiger partial charge in [0.1, 0.15) is 0 Å². The molecule has 0 radical (unpaired) electrons. The SMILES string of the molecule is C=C1CCCC(C)(C)C1CS(=O)(=O)c1ccccc1. The molecule has 0 aromatic heterocycles. The zero-order chi connectivity index (χ0) is 14.1. The van der Waals surface area contributed by atoms with Crippen LogP contribution in [0.4, 0.5) is 0 Å². The van der Waals surface area contributed by atoms with Gasteiger partial charge in [0.15, 0.2) is 9.84 Å². The summed E-state index contributed by atoms with van der Waals surface area (Å²) in [5.74, 6) is 0.245. The molecule has 0 bridgehead atoms. The smallest absolute Gasteiger partial charge is 0.178 e. The van der Waals surface area contributed by atoms with Gasteiger partial charge in [0.05, 0.1) is 10.6 Å². The summed E-state index contributed by atoms with van der Waals surface area (Å²) in [6.45, 7) is 8.42. The van der Waals surface area contributed by atoms with Crippen LogP contribution >= 0.6 is 0 Å². The van der Waals surface area contributed by atoms with E-state index in [4.69, 9.17) is 0 Å². The van der Waals surface area contributed by atoms with Crippen molar-refractivity contribution in [3.8, 4) is 0 Å². The standard InChI is InChI=1S/C16H22O2S/c1-13-8-7-11-16(2,3)15(13)12-19(17,18)14-9-5-4-6-10-14/h4-6,9-10,15H,1,7-8,11-12H2,2-3H3. The molecule has 3 heteroatoms. The van der Waals surface area contributed by atoms with Gasteiger partial charge in [-0.15, -0.1) is 0 Å². The van der Waals surface area contributed by atoms with E-state index in [9.17, 15) is 8.42 Å². The van der Waals surface area contributed by atoms with Crippen LogP contribution in [0.5, 0.6) is 0 Å². The van der Waals surface area contributed by atoms with Crippen molar-refractivity contribution in [3.05, 3.63) is 42.5 Å². The van der Waals surface area contributed by atoms with Crippen LogP contribution in [0.25, 0.3) is 0 Å². The average Bonchev–Trinajstić information content (AvgIpc) is 2.35. The Labute approximate surface area is 116 Å². The lowest BCUT2D eigenvalue weighted by Gasteiger charge is -2.40. The Hall–Kier alpha value is -1.09. The highest BCUT2D eigenvalue weighted by atomic mass is 32.2. The first-order valence-electron chi connectivity index (χ1n) is 6.78. The Morgan fingerprint density at radius 1 is 1.26 bits per heavy atom. The van der Waals surface area contributed by atoms with Gasteiger partial charge in [-0.05, 0) is 42.7 Å². The summed E-state index contributed by atoms with van der Waals surface area (Å²) < 4.78 is 25.0. The maximum atomic E-state index is 12.5. The number of benzene rings is 1. The van der Waals surface area contributed by atoms with Gasteiger partial charge in [0.25, 0.3) is 0 Å². The third kappa shape index (κ3) is 3.08. The first-order valence-corrected chi connectivity index (χ1v) is 8.44. The second kappa shape index (κ2) is 5.12. The molecule has 0 aliphatic heterocycles. The fourth-order valence-corrected chi connectivity index (χ4v) is 4.85. The molecular formula is C16H22O2S. The Kier molecular flexibility index (Phi) is 3.86. The summed E-state index contributed by atoms with van der Waals surface area (Å²) in [4.78, 5) is 0.421. The summed E-state index contributed by atoms with van der Waals surface area (Å²) in [7, 11) is -3.22. The molecule has 0 amide bonds. The van der Waals surface area contributed by atoms with Crippen molar-refractivity contribution in [2.45, 2.75) is 38.0 Å². The number of sulfone groups is 1. The predicted octanol–water partition coefficient (Wildman–Crippen LogP) is 3.84. The zero-order valence-corrected chi connectivity index (χ0v) is 12.5. The largest absolute Gasteiger partial charge is 0.224 e. The lowest BCUT2D eigenvalue weighted by atomic mass is 9.68. The minimum atomic E-state index is -3.22. The van der Waals surface area contributed by atoms with Crippen LogP contribution in [0.3, 0.4) is 0 Å². The van der Waals surface area contributed by atoms with Gasteiger partial charge in [-0.25, -0.2) is 8.42 Å². The van der Waals surface area contributed by atoms with Gasteiger partial charge in [-0.3, -0.25) is 0 Å². The average molecular weight is 278 g/mol. The summed E-state index contributed by atoms with van der Waals surface area (Å²) in [6, 6.07) is 8.73. The van der Waals surface area contributed by atoms with Gasteiger partial charge in [0.2, 0.25) is 0 Å². The van der Waals surface area contributed by atoms with Crippen LogP contribution in [-0.4, -0.2) is 14.2 Å². The minimum absolute atomic E-state index is 0.0250. The first kappa shape index (κ1) is 14.3. The molecule has 1 aliphatic rings. The van der Waals surface area contributed by atoms with Crippen molar-refractivity contribution in [2.24, 2.45) is 11.3 Å². The third-order valence-electron chi connectivity index (χ3n) is 4.24. The lowest BCUT2D eigenvalue weighted by Crippen LogP contribution is -2.34. The first-order chi connectivity index (χ1) is 8.83. The Balaban J connectivity index is 2.27. The summed E-state index contributed by atoms with van der Waals surface area (Å²) >= 11 is 0. The molecule has 1 saturated carbocycles. The normalized spacial score (nSPS) is 23.3. The molecule has 2 nitrogen and oxygen atoms in total. The van der Waals surface area contributed by atoms with Gasteiger partial charge in [-0.2, -0.15) is 0 Å². The van der Waals surface area contributed by atoms with E-state index in [0.717, 1.165) is 24.8 Å². The topological polar surface area (TPSA) is 34.1 Å². The number of hydrogen-bond donors (Lipinski definition) is 0. The van der Waals surface area contributed by atoms with Crippen LogP contribution in [0.2, 0.25) is 0 Å². The van der Waals surface area contributed by atoms with E-state index in [1.807, 2.05) is 6.07 Å². The maximum absolute atomic E-state index is 12.5. The molecule has 1 fully saturated rings. The van der Waals surface area contributed by atoms with Crippen molar-refractivity contribution in [1.82, 2.24) is 0 Å². The molecule has 1 aromatic carbocycles. The van der Waals surface area contributed by atoms with E-state index >= 15 is 0 Å². The highest BCUT2D eigenvalue weighted by Crippen LogP contribution is 2.44. The molecule has 0 saturated heterocycles. The zero-order valence-electron chi connectivity index (χ0n) is 11.7. The molecule has 0 N–H and O–H groups in total. The van der Waals surface area contributed by atoms with Crippen molar-refractivity contribution < 1.29 is 8.42 Å². The maximum Gasteiger partial charge on any atom is 0.178 e. The fraction of sp³-hybridized carbons (Fsp3) is 0.500. The van der Waals surface area contributed by atoms with E-state index < -0.39 is 9.84 Å². The van der Waals surface area contributed by atoms with Gasteiger partial charge >= 0.3 is 0 Å². The Morgan fingerprint density at radius 3 is 2.47 bits per heavy atom. The van der Waals surface area contributed by atoms with Crippen molar-refractivity contribution in [1.29, 1.82) is 0 Å². The van der Waals surface area contributed by atoms with Crippen molar-refractivity contribution >= 4 is 9.84 Å². The fourth-order valence-electron chi connectivity index (χ4n) is 2.96. The van der Waals surface area contributed by atoms with Crippen LogP contribution in [0.15, 0.2) is 47.4 Å². The van der Waals surface area contributed by atoms with Gasteiger partial charge in [-0.1, -0.05) is 44.2 Å². The lowest BCUT2D eigenvalue weighted by molar-refractivity contribution is 0.207. The number of allylic oxidation sites excluding steroid dienone is 1. The van der Waals surface area contributed by atoms with E-state index in [0.29, 0.717) is 4.90 Å². The highest BCUT2D eigenvalue weighted by Gasteiger charge is 2.37. The molecule has 0 heterocycles. The molecule has 0 spiro atoms. The van der Waals surface area contributed by atoms with E-state index in [2.05, 4.69) is 20.4 Å². The summed E-state index contributed by atoms with van der Waals surface area (Å²) in [5, 5.41) is 0. The minimum Gasteiger partial charge on any atom is -0.224 e. The van der Waals surface area contributed by atoms with Gasteiger partial charge in [0, 0.05) is 0 Å². The van der Waals surface area contributed by atoms with E-state index in [1.165, 1.54) is 0 Å². The molecule has 19 heavy (non-hydrogen) atoms. The molecule has 2 rings (SSSR count). The van der Waals surface area contributed by atoms with Crippen molar-refractivity contribution in [2.75, 3.05) is 5.75 Å².